The normalized spacial score (nSPS) is 12.5. The molecule has 6 heteroatoms. The SMILES string of the molecule is CCCCC/C=C\C/C=C\C/C=C\CCCCCCCCC(=O)OC(COC(=O)CCCCCCCCCCCCCCC)COC(=O)CCCCCCCCCCCCCCCCCC/C=C\C/C=C\C/C=C\CCCCCCC. The zero-order valence-electron chi connectivity index (χ0n) is 54.1. The molecule has 0 spiro atoms. The number of hydrogen-bond acceptors (Lipinski definition) is 6. The van der Waals surface area contributed by atoms with Crippen LogP contribution in [-0.2, 0) is 28.6 Å². The zero-order valence-corrected chi connectivity index (χ0v) is 54.1. The molecule has 0 aliphatic heterocycles. The summed E-state index contributed by atoms with van der Waals surface area (Å²) in [7, 11) is 0. The van der Waals surface area contributed by atoms with Crippen molar-refractivity contribution in [3.8, 4) is 0 Å². The Balaban J connectivity index is 4.21. The molecule has 0 aromatic rings. The van der Waals surface area contributed by atoms with Crippen LogP contribution in [0.15, 0.2) is 72.9 Å². The lowest BCUT2D eigenvalue weighted by atomic mass is 10.0. The van der Waals surface area contributed by atoms with Gasteiger partial charge in [0.2, 0.25) is 0 Å². The van der Waals surface area contributed by atoms with E-state index in [9.17, 15) is 14.4 Å². The number of unbranched alkanes of at least 4 members (excludes halogenated alkanes) is 42. The van der Waals surface area contributed by atoms with Gasteiger partial charge in [0, 0.05) is 19.3 Å². The van der Waals surface area contributed by atoms with Crippen LogP contribution in [0.1, 0.15) is 367 Å². The van der Waals surface area contributed by atoms with Gasteiger partial charge in [0.05, 0.1) is 0 Å². The van der Waals surface area contributed by atoms with Crippen molar-refractivity contribution in [1.82, 2.24) is 0 Å². The van der Waals surface area contributed by atoms with Crippen LogP contribution in [0.25, 0.3) is 0 Å². The van der Waals surface area contributed by atoms with Gasteiger partial charge in [-0.1, -0.05) is 325 Å². The van der Waals surface area contributed by atoms with Gasteiger partial charge in [0.1, 0.15) is 13.2 Å². The van der Waals surface area contributed by atoms with Gasteiger partial charge >= 0.3 is 17.9 Å². The van der Waals surface area contributed by atoms with Crippen LogP contribution in [0.2, 0.25) is 0 Å². The molecule has 6 nitrogen and oxygen atoms in total. The van der Waals surface area contributed by atoms with Crippen LogP contribution in [0.3, 0.4) is 0 Å². The number of rotatable bonds is 65. The van der Waals surface area contributed by atoms with Crippen LogP contribution in [0.4, 0.5) is 0 Å². The summed E-state index contributed by atoms with van der Waals surface area (Å²) in [6.07, 6.45) is 90.7. The molecule has 0 N–H and O–H groups in total. The largest absolute Gasteiger partial charge is 0.462 e. The first kappa shape index (κ1) is 77.9. The standard InChI is InChI=1S/C75H134O6/c1-4-7-10-13-16-19-22-25-27-29-31-32-33-34-35-36-37-38-39-40-41-42-44-45-47-50-53-56-59-62-65-68-74(77)80-71-72(70-79-73(76)67-64-61-58-55-52-49-24-21-18-15-12-9-6-3)81-75(78)69-66-63-60-57-54-51-48-46-43-30-28-26-23-20-17-14-11-8-5-2/h17,20,22,25-26,28-29,31,33-34,43,46,72H,4-16,18-19,21,23-24,27,30,32,35-42,44-45,47-71H2,1-3H3/b20-17-,25-22-,28-26-,31-29-,34-33-,46-43-. The first-order valence-electron chi connectivity index (χ1n) is 35.4. The Morgan fingerprint density at radius 3 is 0.716 bits per heavy atom. The molecule has 0 saturated heterocycles. The quantitative estimate of drug-likeness (QED) is 0.0261. The fourth-order valence-electron chi connectivity index (χ4n) is 10.3. The first-order valence-corrected chi connectivity index (χ1v) is 35.4. The van der Waals surface area contributed by atoms with Gasteiger partial charge in [-0.25, -0.2) is 0 Å². The minimum absolute atomic E-state index is 0.0763. The Kier molecular flexibility index (Phi) is 66.6. The number of carbonyl (C=O) groups excluding carboxylic acids is 3. The van der Waals surface area contributed by atoms with Crippen LogP contribution in [0, 0.1) is 0 Å². The molecule has 0 aromatic carbocycles. The third-order valence-electron chi connectivity index (χ3n) is 15.7. The zero-order chi connectivity index (χ0) is 58.5. The Morgan fingerprint density at radius 2 is 0.444 bits per heavy atom. The summed E-state index contributed by atoms with van der Waals surface area (Å²) >= 11 is 0. The molecule has 0 heterocycles. The molecule has 0 aliphatic carbocycles. The van der Waals surface area contributed by atoms with Crippen molar-refractivity contribution in [3.63, 3.8) is 0 Å². The van der Waals surface area contributed by atoms with Gasteiger partial charge in [0.25, 0.3) is 0 Å². The summed E-state index contributed by atoms with van der Waals surface area (Å²) in [5.41, 5.74) is 0. The average molecular weight is 1130 g/mol. The van der Waals surface area contributed by atoms with Gasteiger partial charge in [-0.15, -0.1) is 0 Å². The van der Waals surface area contributed by atoms with Crippen molar-refractivity contribution in [3.05, 3.63) is 72.9 Å². The van der Waals surface area contributed by atoms with Gasteiger partial charge in [-0.05, 0) is 96.3 Å². The van der Waals surface area contributed by atoms with Crippen molar-refractivity contribution in [2.24, 2.45) is 0 Å². The average Bonchev–Trinajstić information content (AvgIpc) is 3.46. The molecule has 0 rings (SSSR count). The molecular weight excluding hydrogens is 997 g/mol. The molecule has 0 saturated carbocycles. The van der Waals surface area contributed by atoms with Crippen LogP contribution < -0.4 is 0 Å². The number of esters is 3. The fourth-order valence-corrected chi connectivity index (χ4v) is 10.3. The topological polar surface area (TPSA) is 78.9 Å². The van der Waals surface area contributed by atoms with E-state index in [2.05, 4.69) is 93.7 Å². The maximum atomic E-state index is 12.9. The van der Waals surface area contributed by atoms with Crippen LogP contribution >= 0.6 is 0 Å². The molecule has 0 bridgehead atoms. The first-order chi connectivity index (χ1) is 40.0. The summed E-state index contributed by atoms with van der Waals surface area (Å²) in [4.78, 5) is 38.4. The lowest BCUT2D eigenvalue weighted by Gasteiger charge is -2.18. The van der Waals surface area contributed by atoms with Crippen LogP contribution in [0.5, 0.6) is 0 Å². The van der Waals surface area contributed by atoms with E-state index in [1.54, 1.807) is 0 Å². The molecule has 81 heavy (non-hydrogen) atoms. The smallest absolute Gasteiger partial charge is 0.306 e. The van der Waals surface area contributed by atoms with Crippen molar-refractivity contribution < 1.29 is 28.6 Å². The van der Waals surface area contributed by atoms with Gasteiger partial charge in [0.15, 0.2) is 6.10 Å². The highest BCUT2D eigenvalue weighted by Gasteiger charge is 2.19. The maximum Gasteiger partial charge on any atom is 0.306 e. The molecule has 0 radical (unpaired) electrons. The fraction of sp³-hybridized carbons (Fsp3) is 0.800. The van der Waals surface area contributed by atoms with E-state index in [-0.39, 0.29) is 31.1 Å². The summed E-state index contributed by atoms with van der Waals surface area (Å²) < 4.78 is 17.0. The number of ether oxygens (including phenoxy) is 3. The molecule has 0 fully saturated rings. The summed E-state index contributed by atoms with van der Waals surface area (Å²) in [5, 5.41) is 0. The third kappa shape index (κ3) is 67.5. The van der Waals surface area contributed by atoms with E-state index in [0.29, 0.717) is 19.3 Å². The lowest BCUT2D eigenvalue weighted by Crippen LogP contribution is -2.30. The maximum absolute atomic E-state index is 12.9. The predicted octanol–water partition coefficient (Wildman–Crippen LogP) is 24.4. The van der Waals surface area contributed by atoms with E-state index in [1.165, 1.54) is 231 Å². The van der Waals surface area contributed by atoms with Gasteiger partial charge < -0.3 is 14.2 Å². The third-order valence-corrected chi connectivity index (χ3v) is 15.7. The molecule has 0 aliphatic rings. The Hall–Kier alpha value is -3.15. The highest BCUT2D eigenvalue weighted by Crippen LogP contribution is 2.18. The molecule has 470 valence electrons. The Morgan fingerprint density at radius 1 is 0.247 bits per heavy atom. The van der Waals surface area contributed by atoms with E-state index in [4.69, 9.17) is 14.2 Å². The molecule has 0 amide bonds. The minimum Gasteiger partial charge on any atom is -0.462 e. The van der Waals surface area contributed by atoms with E-state index in [0.717, 1.165) is 96.3 Å². The van der Waals surface area contributed by atoms with E-state index >= 15 is 0 Å². The van der Waals surface area contributed by atoms with E-state index in [1.807, 2.05) is 0 Å². The second-order valence-electron chi connectivity index (χ2n) is 23.8. The summed E-state index contributed by atoms with van der Waals surface area (Å²) in [6.45, 7) is 6.64. The van der Waals surface area contributed by atoms with Crippen LogP contribution in [-0.4, -0.2) is 37.2 Å². The monoisotopic (exact) mass is 1130 g/mol. The molecular formula is C75H134O6. The Bertz CT molecular complexity index is 1490. The summed E-state index contributed by atoms with van der Waals surface area (Å²) in [6, 6.07) is 0. The number of hydrogen-bond donors (Lipinski definition) is 0. The highest BCUT2D eigenvalue weighted by atomic mass is 16.6. The molecule has 1 unspecified atom stereocenters. The lowest BCUT2D eigenvalue weighted by molar-refractivity contribution is -0.167. The predicted molar refractivity (Wildman–Crippen MR) is 353 cm³/mol. The number of carbonyl (C=O) groups is 3. The molecule has 0 aromatic heterocycles. The Labute approximate surface area is 503 Å². The summed E-state index contributed by atoms with van der Waals surface area (Å²) in [5.74, 6) is -0.868. The highest BCUT2D eigenvalue weighted by molar-refractivity contribution is 5.71. The van der Waals surface area contributed by atoms with Gasteiger partial charge in [-0.2, -0.15) is 0 Å². The minimum atomic E-state index is -0.781. The van der Waals surface area contributed by atoms with Crippen molar-refractivity contribution in [1.29, 1.82) is 0 Å². The molecule has 1 atom stereocenters. The van der Waals surface area contributed by atoms with Crippen molar-refractivity contribution >= 4 is 17.9 Å². The van der Waals surface area contributed by atoms with Crippen molar-refractivity contribution in [2.75, 3.05) is 13.2 Å². The van der Waals surface area contributed by atoms with Crippen molar-refractivity contribution in [2.45, 2.75) is 374 Å². The van der Waals surface area contributed by atoms with E-state index < -0.39 is 6.10 Å². The number of allylic oxidation sites excluding steroid dienone is 12. The van der Waals surface area contributed by atoms with Gasteiger partial charge in [-0.3, -0.25) is 14.4 Å². The second kappa shape index (κ2) is 69.3. The second-order valence-corrected chi connectivity index (χ2v) is 23.8.